The summed E-state index contributed by atoms with van der Waals surface area (Å²) >= 11 is 8.98. The highest BCUT2D eigenvalue weighted by Gasteiger charge is 2.12. The van der Waals surface area contributed by atoms with Crippen molar-refractivity contribution >= 4 is 27.5 Å². The van der Waals surface area contributed by atoms with Crippen molar-refractivity contribution in [2.75, 3.05) is 0 Å². The van der Waals surface area contributed by atoms with Crippen LogP contribution in [0.5, 0.6) is 0 Å². The molecule has 2 rings (SSSR count). The number of nitrogens with zero attached hydrogens (tertiary/aromatic N) is 2. The quantitative estimate of drug-likeness (QED) is 0.798. The molecule has 0 fully saturated rings. The number of rotatable bonds is 1. The summed E-state index contributed by atoms with van der Waals surface area (Å²) in [6, 6.07) is 5.83. The van der Waals surface area contributed by atoms with Crippen molar-refractivity contribution in [3.63, 3.8) is 0 Å². The third kappa shape index (κ3) is 1.67. The van der Waals surface area contributed by atoms with E-state index in [9.17, 15) is 0 Å². The molecule has 0 spiro atoms. The van der Waals surface area contributed by atoms with Gasteiger partial charge in [-0.2, -0.15) is 0 Å². The first-order valence-corrected chi connectivity index (χ1v) is 5.10. The van der Waals surface area contributed by atoms with E-state index in [4.69, 9.17) is 16.0 Å². The van der Waals surface area contributed by atoms with Crippen LogP contribution in [0.4, 0.5) is 0 Å². The lowest BCUT2D eigenvalue weighted by molar-refractivity contribution is 0.570. The van der Waals surface area contributed by atoms with Gasteiger partial charge in [0.05, 0.1) is 5.56 Å². The molecule has 0 atom stereocenters. The van der Waals surface area contributed by atoms with Crippen LogP contribution >= 0.6 is 27.5 Å². The number of aryl methyl sites for hydroxylation is 1. The second kappa shape index (κ2) is 3.71. The maximum Gasteiger partial charge on any atom is 0.313 e. The van der Waals surface area contributed by atoms with E-state index in [2.05, 4.69) is 26.1 Å². The summed E-state index contributed by atoms with van der Waals surface area (Å²) < 4.78 is 6.06. The molecule has 0 radical (unpaired) electrons. The molecule has 5 heteroatoms. The number of hydrogen-bond acceptors (Lipinski definition) is 3. The Bertz CT molecular complexity index is 449. The standard InChI is InChI=1S/C9H6BrClN2O/c1-5-3-2-4-6(10)7(5)8-12-13-9(11)14-8/h2-4H,1H3. The van der Waals surface area contributed by atoms with Crippen molar-refractivity contribution < 1.29 is 4.42 Å². The predicted octanol–water partition coefficient (Wildman–Crippen LogP) is 3.46. The lowest BCUT2D eigenvalue weighted by Gasteiger charge is -2.02. The van der Waals surface area contributed by atoms with Crippen LogP contribution in [0.15, 0.2) is 27.1 Å². The van der Waals surface area contributed by atoms with Crippen LogP contribution < -0.4 is 0 Å². The minimum absolute atomic E-state index is 0.0511. The lowest BCUT2D eigenvalue weighted by atomic mass is 10.1. The van der Waals surface area contributed by atoms with Gasteiger partial charge in [-0.05, 0) is 46.1 Å². The van der Waals surface area contributed by atoms with E-state index in [0.717, 1.165) is 15.6 Å². The zero-order chi connectivity index (χ0) is 10.1. The maximum absolute atomic E-state index is 5.56. The number of halogens is 2. The van der Waals surface area contributed by atoms with Crippen molar-refractivity contribution in [2.24, 2.45) is 0 Å². The Balaban J connectivity index is 2.61. The van der Waals surface area contributed by atoms with Crippen LogP contribution in [0.1, 0.15) is 5.56 Å². The molecule has 3 nitrogen and oxygen atoms in total. The van der Waals surface area contributed by atoms with Gasteiger partial charge < -0.3 is 4.42 Å². The summed E-state index contributed by atoms with van der Waals surface area (Å²) in [6.45, 7) is 1.97. The maximum atomic E-state index is 5.56. The zero-order valence-electron chi connectivity index (χ0n) is 7.29. The normalized spacial score (nSPS) is 10.5. The molecule has 2 aromatic rings. The molecule has 0 saturated carbocycles. The molecule has 0 amide bonds. The van der Waals surface area contributed by atoms with Gasteiger partial charge in [-0.25, -0.2) is 0 Å². The fourth-order valence-corrected chi connectivity index (χ4v) is 1.95. The van der Waals surface area contributed by atoms with Gasteiger partial charge in [0.1, 0.15) is 0 Å². The van der Waals surface area contributed by atoms with Crippen molar-refractivity contribution in [1.82, 2.24) is 10.2 Å². The van der Waals surface area contributed by atoms with Crippen LogP contribution in [0.2, 0.25) is 5.35 Å². The average Bonchev–Trinajstić information content (AvgIpc) is 2.51. The summed E-state index contributed by atoms with van der Waals surface area (Å²) in [5, 5.41) is 7.48. The third-order valence-corrected chi connectivity index (χ3v) is 2.65. The van der Waals surface area contributed by atoms with Crippen LogP contribution in [0, 0.1) is 6.92 Å². The minimum Gasteiger partial charge on any atom is -0.407 e. The van der Waals surface area contributed by atoms with E-state index < -0.39 is 0 Å². The molecule has 0 unspecified atom stereocenters. The number of benzene rings is 1. The van der Waals surface area contributed by atoms with Gasteiger partial charge in [0.25, 0.3) is 5.89 Å². The molecule has 0 aliphatic rings. The van der Waals surface area contributed by atoms with Gasteiger partial charge in [0, 0.05) is 4.47 Å². The highest BCUT2D eigenvalue weighted by atomic mass is 79.9. The zero-order valence-corrected chi connectivity index (χ0v) is 9.63. The molecule has 14 heavy (non-hydrogen) atoms. The molecule has 0 saturated heterocycles. The molecule has 72 valence electrons. The van der Waals surface area contributed by atoms with E-state index in [1.807, 2.05) is 25.1 Å². The molecule has 1 aromatic heterocycles. The second-order valence-corrected chi connectivity index (χ2v) is 3.97. The highest BCUT2D eigenvalue weighted by molar-refractivity contribution is 9.10. The highest BCUT2D eigenvalue weighted by Crippen LogP contribution is 2.30. The largest absolute Gasteiger partial charge is 0.407 e. The Morgan fingerprint density at radius 2 is 2.14 bits per heavy atom. The van der Waals surface area contributed by atoms with E-state index in [1.165, 1.54) is 0 Å². The smallest absolute Gasteiger partial charge is 0.313 e. The van der Waals surface area contributed by atoms with Crippen molar-refractivity contribution in [1.29, 1.82) is 0 Å². The first kappa shape index (κ1) is 9.68. The lowest BCUT2D eigenvalue weighted by Crippen LogP contribution is -1.84. The molecule has 0 aliphatic carbocycles. The van der Waals surface area contributed by atoms with Gasteiger partial charge in [-0.1, -0.05) is 17.2 Å². The molecular weight excluding hydrogens is 267 g/mol. The summed E-state index contributed by atoms with van der Waals surface area (Å²) in [4.78, 5) is 0. The molecule has 0 aliphatic heterocycles. The molecular formula is C9H6BrClN2O. The Kier molecular flexibility index (Phi) is 2.56. The van der Waals surface area contributed by atoms with Crippen LogP contribution in [-0.4, -0.2) is 10.2 Å². The van der Waals surface area contributed by atoms with Crippen molar-refractivity contribution in [2.45, 2.75) is 6.92 Å². The van der Waals surface area contributed by atoms with Gasteiger partial charge in [-0.3, -0.25) is 0 Å². The fourth-order valence-electron chi connectivity index (χ4n) is 1.21. The third-order valence-electron chi connectivity index (χ3n) is 1.84. The van der Waals surface area contributed by atoms with Gasteiger partial charge in [-0.15, -0.1) is 5.10 Å². The summed E-state index contributed by atoms with van der Waals surface area (Å²) in [5.74, 6) is 0.431. The molecule has 1 aromatic carbocycles. The molecule has 1 heterocycles. The SMILES string of the molecule is Cc1cccc(Br)c1-c1nnc(Cl)o1. The Morgan fingerprint density at radius 1 is 1.36 bits per heavy atom. The monoisotopic (exact) mass is 272 g/mol. The van der Waals surface area contributed by atoms with E-state index in [0.29, 0.717) is 5.89 Å². The van der Waals surface area contributed by atoms with Crippen LogP contribution in [-0.2, 0) is 0 Å². The number of aromatic nitrogens is 2. The molecule has 0 N–H and O–H groups in total. The Hall–Kier alpha value is -0.870. The Morgan fingerprint density at radius 3 is 2.71 bits per heavy atom. The summed E-state index contributed by atoms with van der Waals surface area (Å²) in [7, 11) is 0. The van der Waals surface area contributed by atoms with E-state index in [-0.39, 0.29) is 5.35 Å². The topological polar surface area (TPSA) is 38.9 Å². The average molecular weight is 274 g/mol. The fraction of sp³-hybridized carbons (Fsp3) is 0.111. The molecule has 0 bridgehead atoms. The van der Waals surface area contributed by atoms with E-state index in [1.54, 1.807) is 0 Å². The van der Waals surface area contributed by atoms with Crippen molar-refractivity contribution in [3.8, 4) is 11.5 Å². The van der Waals surface area contributed by atoms with Crippen LogP contribution in [0.3, 0.4) is 0 Å². The second-order valence-electron chi connectivity index (χ2n) is 2.79. The summed E-state index contributed by atoms with van der Waals surface area (Å²) in [5.41, 5.74) is 1.94. The van der Waals surface area contributed by atoms with E-state index >= 15 is 0 Å². The van der Waals surface area contributed by atoms with Crippen molar-refractivity contribution in [3.05, 3.63) is 33.6 Å². The van der Waals surface area contributed by atoms with Gasteiger partial charge >= 0.3 is 5.35 Å². The first-order valence-electron chi connectivity index (χ1n) is 3.93. The minimum atomic E-state index is 0.0511. The Labute approximate surface area is 94.2 Å². The predicted molar refractivity (Wildman–Crippen MR) is 57.2 cm³/mol. The summed E-state index contributed by atoms with van der Waals surface area (Å²) in [6.07, 6.45) is 0. The van der Waals surface area contributed by atoms with Gasteiger partial charge in [0.2, 0.25) is 0 Å². The van der Waals surface area contributed by atoms with Crippen LogP contribution in [0.25, 0.3) is 11.5 Å². The number of hydrogen-bond donors (Lipinski definition) is 0. The van der Waals surface area contributed by atoms with Gasteiger partial charge in [0.15, 0.2) is 0 Å². The first-order chi connectivity index (χ1) is 6.68.